The fourth-order valence-electron chi connectivity index (χ4n) is 3.69. The number of pyridine rings is 1. The van der Waals surface area contributed by atoms with Crippen LogP contribution in [-0.4, -0.2) is 81.7 Å². The van der Waals surface area contributed by atoms with Crippen LogP contribution in [0.2, 0.25) is 0 Å². The first-order valence-corrected chi connectivity index (χ1v) is 12.0. The molecule has 0 saturated carbocycles. The molecule has 1 aromatic rings. The summed E-state index contributed by atoms with van der Waals surface area (Å²) in [6.45, 7) is 4.60. The molecule has 3 heterocycles. The van der Waals surface area contributed by atoms with E-state index >= 15 is 0 Å². The number of carbonyl (C=O) groups is 1. The van der Waals surface area contributed by atoms with E-state index in [0.717, 1.165) is 57.2 Å². The zero-order valence-corrected chi connectivity index (χ0v) is 17.3. The van der Waals surface area contributed by atoms with Crippen LogP contribution >= 0.6 is 0 Å². The van der Waals surface area contributed by atoms with Gasteiger partial charge in [0.25, 0.3) is 0 Å². The summed E-state index contributed by atoms with van der Waals surface area (Å²) < 4.78 is 27.9. The molecule has 1 aromatic heterocycles. The number of piperidine rings is 1. The maximum atomic E-state index is 12.4. The van der Waals surface area contributed by atoms with E-state index in [4.69, 9.17) is 4.74 Å². The molecule has 0 aromatic carbocycles. The summed E-state index contributed by atoms with van der Waals surface area (Å²) in [7, 11) is -3.02. The Labute approximate surface area is 167 Å². The van der Waals surface area contributed by atoms with Crippen molar-refractivity contribution in [2.24, 2.45) is 0 Å². The minimum atomic E-state index is -3.02. The summed E-state index contributed by atoms with van der Waals surface area (Å²) in [5.41, 5.74) is 1.13. The molecule has 0 aliphatic carbocycles. The van der Waals surface area contributed by atoms with Crippen molar-refractivity contribution in [1.29, 1.82) is 0 Å². The summed E-state index contributed by atoms with van der Waals surface area (Å²) in [6.07, 6.45) is 5.59. The zero-order valence-electron chi connectivity index (χ0n) is 16.5. The first kappa shape index (κ1) is 20.9. The molecule has 2 saturated heterocycles. The molecule has 0 unspecified atom stereocenters. The summed E-state index contributed by atoms with van der Waals surface area (Å²) in [4.78, 5) is 21.0. The number of carbonyl (C=O) groups excluding carboxylic acids is 1. The maximum Gasteiger partial charge on any atom is 0.222 e. The largest absolute Gasteiger partial charge is 0.378 e. The van der Waals surface area contributed by atoms with E-state index in [1.807, 2.05) is 17.2 Å². The molecule has 9 heteroatoms. The standard InChI is InChI=1S/C19H30N4O4S/c1-28(25,26)13-3-5-19(24)23-8-2-4-16(15-23)21-18-14-17(6-7-20-18)22-9-11-27-12-10-22/h6-7,14,16H,2-5,8-13,15H2,1H3,(H,20,21)/t16-/m1/s1. The lowest BCUT2D eigenvalue weighted by Crippen LogP contribution is -2.45. The maximum absolute atomic E-state index is 12.4. The van der Waals surface area contributed by atoms with Crippen LogP contribution in [0, 0.1) is 0 Å². The Morgan fingerprint density at radius 2 is 2.11 bits per heavy atom. The van der Waals surface area contributed by atoms with Gasteiger partial charge in [0, 0.05) is 62.8 Å². The van der Waals surface area contributed by atoms with Crippen molar-refractivity contribution < 1.29 is 17.9 Å². The predicted octanol–water partition coefficient (Wildman–Crippen LogP) is 1.15. The van der Waals surface area contributed by atoms with E-state index in [1.54, 1.807) is 0 Å². The highest BCUT2D eigenvalue weighted by molar-refractivity contribution is 7.90. The second-order valence-corrected chi connectivity index (χ2v) is 9.82. The number of hydrogen-bond acceptors (Lipinski definition) is 7. The quantitative estimate of drug-likeness (QED) is 0.721. The van der Waals surface area contributed by atoms with Gasteiger partial charge in [0.1, 0.15) is 15.7 Å². The second-order valence-electron chi connectivity index (χ2n) is 7.56. The third kappa shape index (κ3) is 6.34. The van der Waals surface area contributed by atoms with Crippen LogP contribution in [0.3, 0.4) is 0 Å². The van der Waals surface area contributed by atoms with Crippen LogP contribution in [0.25, 0.3) is 0 Å². The number of anilines is 2. The Hall–Kier alpha value is -1.87. The fourth-order valence-corrected chi connectivity index (χ4v) is 4.36. The summed E-state index contributed by atoms with van der Waals surface area (Å²) in [5.74, 6) is 0.914. The molecular weight excluding hydrogens is 380 g/mol. The van der Waals surface area contributed by atoms with Crippen molar-refractivity contribution in [2.45, 2.75) is 31.7 Å². The first-order valence-electron chi connectivity index (χ1n) is 9.91. The summed E-state index contributed by atoms with van der Waals surface area (Å²) in [5, 5.41) is 3.47. The average Bonchev–Trinajstić information content (AvgIpc) is 2.68. The fraction of sp³-hybridized carbons (Fsp3) is 0.684. The van der Waals surface area contributed by atoms with Gasteiger partial charge in [-0.05, 0) is 25.3 Å². The molecule has 2 fully saturated rings. The number of hydrogen-bond donors (Lipinski definition) is 1. The van der Waals surface area contributed by atoms with Gasteiger partial charge >= 0.3 is 0 Å². The van der Waals surface area contributed by atoms with Gasteiger partial charge in [-0.25, -0.2) is 13.4 Å². The Kier molecular flexibility index (Phi) is 7.12. The van der Waals surface area contributed by atoms with Crippen LogP contribution < -0.4 is 10.2 Å². The SMILES string of the molecule is CS(=O)(=O)CCCC(=O)N1CCC[C@@H](Nc2cc(N3CCOCC3)ccn2)C1. The smallest absolute Gasteiger partial charge is 0.222 e. The lowest BCUT2D eigenvalue weighted by atomic mass is 10.0. The Balaban J connectivity index is 1.52. The van der Waals surface area contributed by atoms with Gasteiger partial charge < -0.3 is 19.9 Å². The van der Waals surface area contributed by atoms with Crippen molar-refractivity contribution in [3.8, 4) is 0 Å². The molecule has 28 heavy (non-hydrogen) atoms. The van der Waals surface area contributed by atoms with Crippen LogP contribution in [0.4, 0.5) is 11.5 Å². The van der Waals surface area contributed by atoms with Crippen molar-refractivity contribution in [1.82, 2.24) is 9.88 Å². The second kappa shape index (κ2) is 9.56. The molecule has 8 nitrogen and oxygen atoms in total. The van der Waals surface area contributed by atoms with Crippen LogP contribution in [0.15, 0.2) is 18.3 Å². The molecular formula is C19H30N4O4S. The monoisotopic (exact) mass is 410 g/mol. The topological polar surface area (TPSA) is 91.8 Å². The van der Waals surface area contributed by atoms with E-state index in [-0.39, 0.29) is 24.1 Å². The molecule has 3 rings (SSSR count). The number of sulfone groups is 1. The molecule has 1 atom stereocenters. The molecule has 0 spiro atoms. The third-order valence-electron chi connectivity index (χ3n) is 5.15. The van der Waals surface area contributed by atoms with Gasteiger partial charge in [0.15, 0.2) is 0 Å². The first-order chi connectivity index (χ1) is 13.4. The highest BCUT2D eigenvalue weighted by Crippen LogP contribution is 2.21. The van der Waals surface area contributed by atoms with Crippen molar-refractivity contribution in [2.75, 3.05) is 61.6 Å². The van der Waals surface area contributed by atoms with Gasteiger partial charge in [-0.2, -0.15) is 0 Å². The van der Waals surface area contributed by atoms with Gasteiger partial charge in [0.05, 0.1) is 19.0 Å². The van der Waals surface area contributed by atoms with Gasteiger partial charge in [0.2, 0.25) is 5.91 Å². The predicted molar refractivity (Wildman–Crippen MR) is 109 cm³/mol. The molecule has 156 valence electrons. The number of nitrogens with one attached hydrogen (secondary N) is 1. The number of amides is 1. The van der Waals surface area contributed by atoms with E-state index in [2.05, 4.69) is 21.3 Å². The van der Waals surface area contributed by atoms with E-state index in [9.17, 15) is 13.2 Å². The number of morpholine rings is 1. The molecule has 1 N–H and O–H groups in total. The van der Waals surface area contributed by atoms with Crippen molar-refractivity contribution in [3.63, 3.8) is 0 Å². The lowest BCUT2D eigenvalue weighted by Gasteiger charge is -2.34. The van der Waals surface area contributed by atoms with Crippen molar-refractivity contribution >= 4 is 27.2 Å². The Morgan fingerprint density at radius 1 is 1.32 bits per heavy atom. The minimum Gasteiger partial charge on any atom is -0.378 e. The molecule has 0 bridgehead atoms. The number of rotatable bonds is 7. The lowest BCUT2D eigenvalue weighted by molar-refractivity contribution is -0.132. The van der Waals surface area contributed by atoms with E-state index in [1.165, 1.54) is 6.26 Å². The third-order valence-corrected chi connectivity index (χ3v) is 6.18. The number of ether oxygens (including phenoxy) is 1. The van der Waals surface area contributed by atoms with Gasteiger partial charge in [-0.1, -0.05) is 0 Å². The Morgan fingerprint density at radius 3 is 2.86 bits per heavy atom. The van der Waals surface area contributed by atoms with Crippen molar-refractivity contribution in [3.05, 3.63) is 18.3 Å². The highest BCUT2D eigenvalue weighted by Gasteiger charge is 2.24. The number of aromatic nitrogens is 1. The summed E-state index contributed by atoms with van der Waals surface area (Å²) >= 11 is 0. The Bertz CT molecular complexity index is 765. The summed E-state index contributed by atoms with van der Waals surface area (Å²) in [6, 6.07) is 4.22. The molecule has 1 amide bonds. The normalized spacial score (nSPS) is 20.8. The van der Waals surface area contributed by atoms with Crippen LogP contribution in [-0.2, 0) is 19.4 Å². The zero-order chi connectivity index (χ0) is 20.0. The number of likely N-dealkylation sites (tertiary alicyclic amines) is 1. The highest BCUT2D eigenvalue weighted by atomic mass is 32.2. The molecule has 0 radical (unpaired) electrons. The minimum absolute atomic E-state index is 0.0326. The van der Waals surface area contributed by atoms with Crippen LogP contribution in [0.1, 0.15) is 25.7 Å². The average molecular weight is 411 g/mol. The molecule has 2 aliphatic rings. The van der Waals surface area contributed by atoms with E-state index in [0.29, 0.717) is 13.0 Å². The van der Waals surface area contributed by atoms with Gasteiger partial charge in [-0.15, -0.1) is 0 Å². The molecule has 2 aliphatic heterocycles. The van der Waals surface area contributed by atoms with E-state index < -0.39 is 9.84 Å². The van der Waals surface area contributed by atoms with Crippen LogP contribution in [0.5, 0.6) is 0 Å². The van der Waals surface area contributed by atoms with Gasteiger partial charge in [-0.3, -0.25) is 4.79 Å². The number of nitrogens with zero attached hydrogens (tertiary/aromatic N) is 3.